The third-order valence-corrected chi connectivity index (χ3v) is 2.58. The highest BCUT2D eigenvalue weighted by Crippen LogP contribution is 2.40. The number of rotatable bonds is 1. The molecule has 2 atom stereocenters. The average molecular weight is 200 g/mol. The number of carbonyl (C=O) groups excluding carboxylic acids is 1. The van der Waals surface area contributed by atoms with Crippen LogP contribution in [0.1, 0.15) is 27.2 Å². The molecule has 0 amide bonds. The van der Waals surface area contributed by atoms with E-state index in [9.17, 15) is 9.18 Å². The van der Waals surface area contributed by atoms with Crippen LogP contribution in [0.4, 0.5) is 4.39 Å². The quantitative estimate of drug-likeness (QED) is 0.646. The molecule has 1 saturated heterocycles. The molecule has 0 spiro atoms. The minimum absolute atomic E-state index is 0.436. The first-order valence-electron chi connectivity index (χ1n) is 4.74. The van der Waals surface area contributed by atoms with Crippen molar-refractivity contribution < 1.29 is 18.7 Å². The van der Waals surface area contributed by atoms with E-state index in [0.29, 0.717) is 12.0 Å². The van der Waals surface area contributed by atoms with Gasteiger partial charge in [-0.15, -0.1) is 0 Å². The van der Waals surface area contributed by atoms with E-state index >= 15 is 0 Å². The first-order valence-corrected chi connectivity index (χ1v) is 4.74. The molecule has 4 heteroatoms. The second kappa shape index (κ2) is 2.87. The lowest BCUT2D eigenvalue weighted by molar-refractivity contribution is -0.154. The molecule has 3 nitrogen and oxygen atoms in total. The van der Waals surface area contributed by atoms with Gasteiger partial charge in [0.25, 0.3) is 0 Å². The van der Waals surface area contributed by atoms with Gasteiger partial charge in [0.15, 0.2) is 17.7 Å². The summed E-state index contributed by atoms with van der Waals surface area (Å²) in [6.07, 6.45) is -0.791. The summed E-state index contributed by atoms with van der Waals surface area (Å²) in [4.78, 5) is 11.4. The van der Waals surface area contributed by atoms with Gasteiger partial charge in [0, 0.05) is 5.57 Å². The fraction of sp³-hybridized carbons (Fsp3) is 0.700. The summed E-state index contributed by atoms with van der Waals surface area (Å²) in [6.45, 7) is 5.26. The predicted octanol–water partition coefficient (Wildman–Crippen LogP) is 1.72. The first kappa shape index (κ1) is 9.80. The molecule has 14 heavy (non-hydrogen) atoms. The van der Waals surface area contributed by atoms with E-state index in [1.165, 1.54) is 0 Å². The van der Waals surface area contributed by atoms with Crippen LogP contribution in [-0.4, -0.2) is 23.8 Å². The molecule has 0 unspecified atom stereocenters. The predicted molar refractivity (Wildman–Crippen MR) is 47.3 cm³/mol. The Morgan fingerprint density at radius 3 is 2.50 bits per heavy atom. The molecular weight excluding hydrogens is 187 g/mol. The Balaban J connectivity index is 2.33. The number of halogens is 1. The van der Waals surface area contributed by atoms with Crippen LogP contribution in [-0.2, 0) is 14.3 Å². The SMILES string of the molecule is CCC1=C(F)C(=O)[C@@H]2OC(C)(C)O[C@H]12. The monoisotopic (exact) mass is 200 g/mol. The summed E-state index contributed by atoms with van der Waals surface area (Å²) in [5, 5.41) is 0. The van der Waals surface area contributed by atoms with Crippen LogP contribution in [0.5, 0.6) is 0 Å². The maximum atomic E-state index is 13.3. The van der Waals surface area contributed by atoms with E-state index in [1.54, 1.807) is 20.8 Å². The van der Waals surface area contributed by atoms with Crippen LogP contribution < -0.4 is 0 Å². The van der Waals surface area contributed by atoms with E-state index in [2.05, 4.69) is 0 Å². The number of hydrogen-bond acceptors (Lipinski definition) is 3. The summed E-state index contributed by atoms with van der Waals surface area (Å²) in [7, 11) is 0. The van der Waals surface area contributed by atoms with Crippen molar-refractivity contribution in [2.24, 2.45) is 0 Å². The lowest BCUT2D eigenvalue weighted by Gasteiger charge is -2.18. The lowest BCUT2D eigenvalue weighted by atomic mass is 10.1. The van der Waals surface area contributed by atoms with Crippen molar-refractivity contribution in [1.29, 1.82) is 0 Å². The number of fused-ring (bicyclic) bond motifs is 1. The Labute approximate surface area is 81.9 Å². The summed E-state index contributed by atoms with van der Waals surface area (Å²) in [5.74, 6) is -2.03. The zero-order valence-corrected chi connectivity index (χ0v) is 8.46. The molecular formula is C10H13FO3. The molecule has 0 bridgehead atoms. The molecule has 1 aliphatic carbocycles. The second-order valence-electron chi connectivity index (χ2n) is 4.03. The third-order valence-electron chi connectivity index (χ3n) is 2.58. The van der Waals surface area contributed by atoms with Crippen molar-refractivity contribution in [1.82, 2.24) is 0 Å². The second-order valence-corrected chi connectivity index (χ2v) is 4.03. The Morgan fingerprint density at radius 2 is 1.93 bits per heavy atom. The van der Waals surface area contributed by atoms with Crippen LogP contribution in [0.2, 0.25) is 0 Å². The molecule has 1 heterocycles. The maximum Gasteiger partial charge on any atom is 0.223 e. The van der Waals surface area contributed by atoms with Gasteiger partial charge in [-0.3, -0.25) is 4.79 Å². The molecule has 0 aromatic rings. The normalized spacial score (nSPS) is 35.3. The zero-order chi connectivity index (χ0) is 10.5. The van der Waals surface area contributed by atoms with E-state index in [4.69, 9.17) is 9.47 Å². The van der Waals surface area contributed by atoms with Crippen molar-refractivity contribution in [3.05, 3.63) is 11.4 Å². The van der Waals surface area contributed by atoms with E-state index in [-0.39, 0.29) is 0 Å². The Hall–Kier alpha value is -0.740. The molecule has 1 fully saturated rings. The van der Waals surface area contributed by atoms with Gasteiger partial charge in [-0.05, 0) is 20.3 Å². The molecule has 1 aliphatic heterocycles. The van der Waals surface area contributed by atoms with Crippen LogP contribution in [0.15, 0.2) is 11.4 Å². The molecule has 2 rings (SSSR count). The Morgan fingerprint density at radius 1 is 1.36 bits per heavy atom. The van der Waals surface area contributed by atoms with Crippen molar-refractivity contribution in [3.63, 3.8) is 0 Å². The van der Waals surface area contributed by atoms with Crippen LogP contribution in [0.3, 0.4) is 0 Å². The van der Waals surface area contributed by atoms with Gasteiger partial charge < -0.3 is 9.47 Å². The van der Waals surface area contributed by atoms with Crippen molar-refractivity contribution in [2.45, 2.75) is 45.2 Å². The van der Waals surface area contributed by atoms with Crippen LogP contribution in [0.25, 0.3) is 0 Å². The smallest absolute Gasteiger partial charge is 0.223 e. The average Bonchev–Trinajstić information content (AvgIpc) is 2.50. The highest BCUT2D eigenvalue weighted by atomic mass is 19.1. The van der Waals surface area contributed by atoms with E-state index < -0.39 is 29.6 Å². The van der Waals surface area contributed by atoms with Gasteiger partial charge in [-0.1, -0.05) is 6.92 Å². The van der Waals surface area contributed by atoms with Gasteiger partial charge in [0.1, 0.15) is 6.10 Å². The first-order chi connectivity index (χ1) is 6.46. The maximum absolute atomic E-state index is 13.3. The van der Waals surface area contributed by atoms with Gasteiger partial charge >= 0.3 is 0 Å². The minimum atomic E-state index is -0.786. The summed E-state index contributed by atoms with van der Waals surface area (Å²) in [6, 6.07) is 0. The molecule has 0 saturated carbocycles. The molecule has 0 N–H and O–H groups in total. The highest BCUT2D eigenvalue weighted by Gasteiger charge is 2.53. The fourth-order valence-electron chi connectivity index (χ4n) is 1.97. The minimum Gasteiger partial charge on any atom is -0.340 e. The Kier molecular flexibility index (Phi) is 2.01. The number of ketones is 1. The lowest BCUT2D eigenvalue weighted by Crippen LogP contribution is -2.26. The van der Waals surface area contributed by atoms with Gasteiger partial charge in [0.05, 0.1) is 0 Å². The summed E-state index contributed by atoms with van der Waals surface area (Å²) >= 11 is 0. The van der Waals surface area contributed by atoms with Crippen molar-refractivity contribution in [2.75, 3.05) is 0 Å². The molecule has 2 aliphatic rings. The van der Waals surface area contributed by atoms with E-state index in [0.717, 1.165) is 0 Å². The largest absolute Gasteiger partial charge is 0.340 e. The standard InChI is InChI=1S/C10H13FO3/c1-4-5-6(11)7(12)9-8(5)13-10(2,3)14-9/h8-9H,4H2,1-3H3/t8-,9+/m1/s1. The molecule has 78 valence electrons. The summed E-state index contributed by atoms with van der Waals surface area (Å²) in [5.41, 5.74) is 0.436. The fourth-order valence-corrected chi connectivity index (χ4v) is 1.97. The molecule has 0 aromatic heterocycles. The van der Waals surface area contributed by atoms with Gasteiger partial charge in [-0.25, -0.2) is 4.39 Å². The van der Waals surface area contributed by atoms with Gasteiger partial charge in [0.2, 0.25) is 5.78 Å². The van der Waals surface area contributed by atoms with Crippen molar-refractivity contribution >= 4 is 5.78 Å². The van der Waals surface area contributed by atoms with E-state index in [1.807, 2.05) is 0 Å². The Bertz CT molecular complexity index is 319. The molecule has 0 aromatic carbocycles. The van der Waals surface area contributed by atoms with Crippen molar-refractivity contribution in [3.8, 4) is 0 Å². The summed E-state index contributed by atoms with van der Waals surface area (Å²) < 4.78 is 24.1. The number of ether oxygens (including phenoxy) is 2. The topological polar surface area (TPSA) is 35.5 Å². The number of hydrogen-bond donors (Lipinski definition) is 0. The zero-order valence-electron chi connectivity index (χ0n) is 8.46. The van der Waals surface area contributed by atoms with Gasteiger partial charge in [-0.2, -0.15) is 0 Å². The number of Topliss-reactive ketones (excluding diaryl/α,β-unsaturated/α-hetero) is 1. The van der Waals surface area contributed by atoms with Crippen LogP contribution in [0, 0.1) is 0 Å². The third kappa shape index (κ3) is 1.21. The van der Waals surface area contributed by atoms with Crippen LogP contribution >= 0.6 is 0 Å². The number of carbonyl (C=O) groups is 1. The highest BCUT2D eigenvalue weighted by molar-refractivity contribution is 6.01. The molecule has 0 radical (unpaired) electrons.